The highest BCUT2D eigenvalue weighted by Gasteiger charge is 2.34. The van der Waals surface area contributed by atoms with Gasteiger partial charge in [0.05, 0.1) is 6.04 Å². The SMILES string of the molecule is CCCCc1ccc(C(=O)N(CC(=O)N2CCc3sccc3C2c2ccccc2C)CC(C)C)cc1. The highest BCUT2D eigenvalue weighted by Crippen LogP contribution is 2.39. The van der Waals surface area contributed by atoms with Gasteiger partial charge in [-0.1, -0.05) is 63.6 Å². The van der Waals surface area contributed by atoms with Crippen LogP contribution in [0.5, 0.6) is 0 Å². The third kappa shape index (κ3) is 5.89. The molecule has 0 bridgehead atoms. The maximum Gasteiger partial charge on any atom is 0.254 e. The largest absolute Gasteiger partial charge is 0.330 e. The summed E-state index contributed by atoms with van der Waals surface area (Å²) in [4.78, 5) is 32.5. The summed E-state index contributed by atoms with van der Waals surface area (Å²) in [6.45, 7) is 9.79. The number of nitrogens with zero attached hydrogens (tertiary/aromatic N) is 2. The number of thiophene rings is 1. The first-order valence-corrected chi connectivity index (χ1v) is 14.1. The van der Waals surface area contributed by atoms with Crippen LogP contribution in [0.3, 0.4) is 0 Å². The van der Waals surface area contributed by atoms with Gasteiger partial charge in [0.15, 0.2) is 0 Å². The zero-order valence-electron chi connectivity index (χ0n) is 22.0. The lowest BCUT2D eigenvalue weighted by Crippen LogP contribution is -2.47. The number of unbranched alkanes of at least 4 members (excludes halogenated alkanes) is 1. The van der Waals surface area contributed by atoms with Crippen molar-refractivity contribution < 1.29 is 9.59 Å². The van der Waals surface area contributed by atoms with Crippen molar-refractivity contribution in [1.82, 2.24) is 9.80 Å². The summed E-state index contributed by atoms with van der Waals surface area (Å²) in [6.07, 6.45) is 4.18. The van der Waals surface area contributed by atoms with E-state index in [1.165, 1.54) is 21.6 Å². The Labute approximate surface area is 219 Å². The molecule has 190 valence electrons. The number of rotatable bonds is 9. The van der Waals surface area contributed by atoms with Crippen molar-refractivity contribution in [2.24, 2.45) is 5.92 Å². The summed E-state index contributed by atoms with van der Waals surface area (Å²) < 4.78 is 0. The molecule has 4 rings (SSSR count). The maximum atomic E-state index is 13.9. The van der Waals surface area contributed by atoms with Crippen LogP contribution in [-0.4, -0.2) is 41.2 Å². The van der Waals surface area contributed by atoms with Gasteiger partial charge in [-0.15, -0.1) is 11.3 Å². The molecule has 1 unspecified atom stereocenters. The number of amides is 2. The number of aryl methyl sites for hydroxylation is 2. The zero-order valence-corrected chi connectivity index (χ0v) is 22.8. The van der Waals surface area contributed by atoms with Crippen LogP contribution in [0.4, 0.5) is 0 Å². The average Bonchev–Trinajstić information content (AvgIpc) is 3.35. The molecule has 1 atom stereocenters. The second-order valence-electron chi connectivity index (χ2n) is 10.3. The molecule has 0 spiro atoms. The second kappa shape index (κ2) is 11.9. The van der Waals surface area contributed by atoms with Crippen molar-refractivity contribution in [3.05, 3.63) is 92.7 Å². The molecule has 2 amide bonds. The van der Waals surface area contributed by atoms with Gasteiger partial charge in [0.2, 0.25) is 5.91 Å². The van der Waals surface area contributed by atoms with Gasteiger partial charge >= 0.3 is 0 Å². The quantitative estimate of drug-likeness (QED) is 0.328. The first kappa shape index (κ1) is 26.2. The third-order valence-corrected chi connectivity index (χ3v) is 7.98. The summed E-state index contributed by atoms with van der Waals surface area (Å²) in [5.74, 6) is 0.205. The van der Waals surface area contributed by atoms with Gasteiger partial charge in [0, 0.05) is 23.5 Å². The molecule has 0 N–H and O–H groups in total. The molecule has 0 radical (unpaired) electrons. The number of benzene rings is 2. The summed E-state index contributed by atoms with van der Waals surface area (Å²) in [7, 11) is 0. The van der Waals surface area contributed by atoms with Crippen molar-refractivity contribution >= 4 is 23.2 Å². The molecular weight excluding hydrogens is 464 g/mol. The summed E-state index contributed by atoms with van der Waals surface area (Å²) in [5.41, 5.74) is 5.46. The summed E-state index contributed by atoms with van der Waals surface area (Å²) in [6, 6.07) is 18.3. The van der Waals surface area contributed by atoms with E-state index in [2.05, 4.69) is 63.4 Å². The van der Waals surface area contributed by atoms with E-state index in [0.29, 0.717) is 18.7 Å². The van der Waals surface area contributed by atoms with Gasteiger partial charge in [-0.05, 0) is 77.9 Å². The van der Waals surface area contributed by atoms with E-state index in [9.17, 15) is 9.59 Å². The monoisotopic (exact) mass is 502 g/mol. The van der Waals surface area contributed by atoms with Gasteiger partial charge < -0.3 is 9.80 Å². The molecule has 0 aliphatic carbocycles. The Bertz CT molecular complexity index is 1180. The minimum atomic E-state index is -0.109. The number of hydrogen-bond donors (Lipinski definition) is 0. The molecular formula is C31H38N2O2S. The minimum Gasteiger partial charge on any atom is -0.330 e. The molecule has 0 fully saturated rings. The Morgan fingerprint density at radius 3 is 2.50 bits per heavy atom. The van der Waals surface area contributed by atoms with Crippen LogP contribution in [0.15, 0.2) is 60.0 Å². The standard InChI is InChI=1S/C31H38N2O2S/c1-5-6-10-24-12-14-25(15-13-24)31(35)32(20-22(2)3)21-29(34)33-18-16-28-27(17-19-36-28)30(33)26-11-8-7-9-23(26)4/h7-9,11-15,17,19,22,30H,5-6,10,16,18,20-21H2,1-4H3. The fraction of sp³-hybridized carbons (Fsp3) is 0.419. The first-order valence-electron chi connectivity index (χ1n) is 13.2. The lowest BCUT2D eigenvalue weighted by atomic mass is 9.90. The normalized spacial score (nSPS) is 15.1. The van der Waals surface area contributed by atoms with Gasteiger partial charge in [-0.25, -0.2) is 0 Å². The number of fused-ring (bicyclic) bond motifs is 1. The van der Waals surface area contributed by atoms with Gasteiger partial charge in [0.25, 0.3) is 5.91 Å². The first-order chi connectivity index (χ1) is 17.4. The third-order valence-electron chi connectivity index (χ3n) is 6.99. The van der Waals surface area contributed by atoms with Gasteiger partial charge in [-0.2, -0.15) is 0 Å². The highest BCUT2D eigenvalue weighted by atomic mass is 32.1. The molecule has 3 aromatic rings. The van der Waals surface area contributed by atoms with E-state index in [1.54, 1.807) is 16.2 Å². The molecule has 1 aromatic heterocycles. The second-order valence-corrected chi connectivity index (χ2v) is 11.3. The molecule has 0 saturated heterocycles. The fourth-order valence-electron chi connectivity index (χ4n) is 5.11. The zero-order chi connectivity index (χ0) is 25.7. The van der Waals surface area contributed by atoms with E-state index in [4.69, 9.17) is 0 Å². The molecule has 1 aliphatic heterocycles. The van der Waals surface area contributed by atoms with Crippen LogP contribution in [0, 0.1) is 12.8 Å². The average molecular weight is 503 g/mol. The molecule has 2 aromatic carbocycles. The lowest BCUT2D eigenvalue weighted by molar-refractivity contribution is -0.134. The van der Waals surface area contributed by atoms with Crippen molar-refractivity contribution in [1.29, 1.82) is 0 Å². The van der Waals surface area contributed by atoms with E-state index >= 15 is 0 Å². The van der Waals surface area contributed by atoms with Crippen LogP contribution < -0.4 is 0 Å². The van der Waals surface area contributed by atoms with Gasteiger partial charge in [0.1, 0.15) is 6.54 Å². The highest BCUT2D eigenvalue weighted by molar-refractivity contribution is 7.10. The van der Waals surface area contributed by atoms with Crippen LogP contribution >= 0.6 is 11.3 Å². The van der Waals surface area contributed by atoms with Gasteiger partial charge in [-0.3, -0.25) is 9.59 Å². The van der Waals surface area contributed by atoms with Crippen LogP contribution in [-0.2, 0) is 17.6 Å². The van der Waals surface area contributed by atoms with Crippen LogP contribution in [0.25, 0.3) is 0 Å². The topological polar surface area (TPSA) is 40.6 Å². The van der Waals surface area contributed by atoms with Crippen molar-refractivity contribution in [3.63, 3.8) is 0 Å². The van der Waals surface area contributed by atoms with Crippen molar-refractivity contribution in [3.8, 4) is 0 Å². The predicted molar refractivity (Wildman–Crippen MR) is 149 cm³/mol. The Balaban J connectivity index is 1.58. The van der Waals surface area contributed by atoms with E-state index in [0.717, 1.165) is 31.2 Å². The molecule has 5 heteroatoms. The molecule has 4 nitrogen and oxygen atoms in total. The van der Waals surface area contributed by atoms with Crippen molar-refractivity contribution in [2.75, 3.05) is 19.6 Å². The van der Waals surface area contributed by atoms with Crippen LogP contribution in [0.2, 0.25) is 0 Å². The summed E-state index contributed by atoms with van der Waals surface area (Å²) in [5, 5.41) is 2.13. The molecule has 0 saturated carbocycles. The Hall–Kier alpha value is -2.92. The predicted octanol–water partition coefficient (Wildman–Crippen LogP) is 6.67. The van der Waals surface area contributed by atoms with Crippen molar-refractivity contribution in [2.45, 2.75) is 59.4 Å². The molecule has 1 aliphatic rings. The minimum absolute atomic E-state index is 0.00803. The summed E-state index contributed by atoms with van der Waals surface area (Å²) >= 11 is 1.77. The van der Waals surface area contributed by atoms with E-state index in [1.807, 2.05) is 29.2 Å². The maximum absolute atomic E-state index is 13.9. The Kier molecular flexibility index (Phi) is 8.63. The number of hydrogen-bond acceptors (Lipinski definition) is 3. The fourth-order valence-corrected chi connectivity index (χ4v) is 6.01. The Morgan fingerprint density at radius 1 is 1.06 bits per heavy atom. The van der Waals surface area contributed by atoms with Crippen LogP contribution in [0.1, 0.15) is 77.1 Å². The number of carbonyl (C=O) groups is 2. The van der Waals surface area contributed by atoms with E-state index in [-0.39, 0.29) is 30.3 Å². The molecule has 36 heavy (non-hydrogen) atoms. The molecule has 2 heterocycles. The lowest BCUT2D eigenvalue weighted by Gasteiger charge is -2.38. The number of carbonyl (C=O) groups excluding carboxylic acids is 2. The smallest absolute Gasteiger partial charge is 0.254 e. The van der Waals surface area contributed by atoms with E-state index < -0.39 is 0 Å². The Morgan fingerprint density at radius 2 is 1.81 bits per heavy atom.